The van der Waals surface area contributed by atoms with E-state index in [1.807, 2.05) is 0 Å². The molecule has 0 saturated carbocycles. The normalized spacial score (nSPS) is 14.2. The van der Waals surface area contributed by atoms with Gasteiger partial charge in [0.2, 0.25) is 0 Å². The van der Waals surface area contributed by atoms with Gasteiger partial charge in [-0.15, -0.1) is 0 Å². The van der Waals surface area contributed by atoms with Crippen LogP contribution in [0.3, 0.4) is 0 Å². The Morgan fingerprint density at radius 3 is 0.674 bits per heavy atom. The lowest BCUT2D eigenvalue weighted by atomic mass is 10.0. The van der Waals surface area contributed by atoms with E-state index in [1.165, 1.54) is 161 Å². The number of rotatable bonds is 70. The van der Waals surface area contributed by atoms with Crippen LogP contribution in [0.1, 0.15) is 364 Å². The molecule has 3 N–H and O–H groups in total. The molecular weight excluding hydrogens is 1210 g/mol. The number of hydrogen-bond donors (Lipinski definition) is 3. The SMILES string of the molecule is CC(C)CCCCCCCCCCCCCCCCCC(=O)OC[C@H](COP(=O)(O)OC[C@@H](O)COP(=O)(O)OC[C@@H](COC(=O)CCCCCCCCC(C)C)OC(=O)CCCCCCCCCCC(C)C)OC(=O)CCCCCCCCCCCCCC(C)C. The van der Waals surface area contributed by atoms with Crippen LogP contribution in [0, 0.1) is 23.7 Å². The molecule has 0 saturated heterocycles. The summed E-state index contributed by atoms with van der Waals surface area (Å²) in [5.74, 6) is 0.841. The summed E-state index contributed by atoms with van der Waals surface area (Å²) in [4.78, 5) is 72.6. The van der Waals surface area contributed by atoms with Gasteiger partial charge >= 0.3 is 39.5 Å². The van der Waals surface area contributed by atoms with E-state index < -0.39 is 97.5 Å². The monoisotopic (exact) mass is 1350 g/mol. The standard InChI is InChI=1S/C73H142O17P2/c1-63(2)49-41-33-25-19-15-12-10-9-11-13-17-21-28-37-45-53-70(75)83-59-68(89-72(77)55-47-39-29-22-18-14-16-20-26-34-42-50-64(3)4)61-87-91(79,80)85-57-67(74)58-86-92(81,82)88-62-69(60-84-71(76)54-46-38-32-31-36-44-52-66(7)8)90-73(78)56-48-40-30-24-23-27-35-43-51-65(5)6/h63-69,74H,9-62H2,1-8H3,(H,79,80)(H,81,82)/t67-,68-,69-/m1/s1. The lowest BCUT2D eigenvalue weighted by molar-refractivity contribution is -0.161. The van der Waals surface area contributed by atoms with Crippen molar-refractivity contribution in [3.63, 3.8) is 0 Å². The van der Waals surface area contributed by atoms with Crippen LogP contribution in [-0.4, -0.2) is 96.7 Å². The zero-order chi connectivity index (χ0) is 68.2. The van der Waals surface area contributed by atoms with Crippen LogP contribution in [0.25, 0.3) is 0 Å². The van der Waals surface area contributed by atoms with Gasteiger partial charge in [-0.1, -0.05) is 312 Å². The number of carbonyl (C=O) groups is 4. The first kappa shape index (κ1) is 90.1. The summed E-state index contributed by atoms with van der Waals surface area (Å²) in [6.45, 7) is 14.1. The molecule has 0 amide bonds. The highest BCUT2D eigenvalue weighted by Gasteiger charge is 2.30. The maximum atomic E-state index is 13.1. The third kappa shape index (κ3) is 66.7. The molecule has 0 aromatic carbocycles. The molecule has 546 valence electrons. The predicted molar refractivity (Wildman–Crippen MR) is 372 cm³/mol. The lowest BCUT2D eigenvalue weighted by Gasteiger charge is -2.21. The fourth-order valence-corrected chi connectivity index (χ4v) is 12.6. The Labute approximate surface area is 562 Å². The average Bonchev–Trinajstić information content (AvgIpc) is 1.73. The Bertz CT molecular complexity index is 1820. The van der Waals surface area contributed by atoms with Crippen molar-refractivity contribution in [3.8, 4) is 0 Å². The molecule has 0 aliphatic rings. The van der Waals surface area contributed by atoms with E-state index in [0.29, 0.717) is 31.6 Å². The molecule has 2 unspecified atom stereocenters. The minimum Gasteiger partial charge on any atom is -0.462 e. The van der Waals surface area contributed by atoms with Gasteiger partial charge in [0.15, 0.2) is 12.2 Å². The van der Waals surface area contributed by atoms with E-state index in [9.17, 15) is 43.2 Å². The van der Waals surface area contributed by atoms with Crippen LogP contribution in [0.15, 0.2) is 0 Å². The highest BCUT2D eigenvalue weighted by molar-refractivity contribution is 7.47. The van der Waals surface area contributed by atoms with E-state index in [1.54, 1.807) is 0 Å². The summed E-state index contributed by atoms with van der Waals surface area (Å²) in [6, 6.07) is 0. The fourth-order valence-electron chi connectivity index (χ4n) is 11.0. The molecule has 0 spiro atoms. The van der Waals surface area contributed by atoms with E-state index >= 15 is 0 Å². The van der Waals surface area contributed by atoms with Crippen molar-refractivity contribution in [1.29, 1.82) is 0 Å². The van der Waals surface area contributed by atoms with E-state index in [4.69, 9.17) is 37.0 Å². The number of phosphoric acid groups is 2. The summed E-state index contributed by atoms with van der Waals surface area (Å²) in [5.41, 5.74) is 0. The molecule has 0 rings (SSSR count). The molecule has 5 atom stereocenters. The fraction of sp³-hybridized carbons (Fsp3) is 0.945. The van der Waals surface area contributed by atoms with Crippen LogP contribution in [-0.2, 0) is 65.4 Å². The van der Waals surface area contributed by atoms with E-state index in [-0.39, 0.29) is 25.7 Å². The summed E-state index contributed by atoms with van der Waals surface area (Å²) >= 11 is 0. The van der Waals surface area contributed by atoms with E-state index in [2.05, 4.69) is 55.4 Å². The van der Waals surface area contributed by atoms with Gasteiger partial charge in [-0.2, -0.15) is 0 Å². The van der Waals surface area contributed by atoms with Crippen molar-refractivity contribution in [2.75, 3.05) is 39.6 Å². The molecule has 0 bridgehead atoms. The van der Waals surface area contributed by atoms with Crippen molar-refractivity contribution in [1.82, 2.24) is 0 Å². The summed E-state index contributed by atoms with van der Waals surface area (Å²) in [5, 5.41) is 10.6. The Morgan fingerprint density at radius 1 is 0.272 bits per heavy atom. The maximum Gasteiger partial charge on any atom is 0.472 e. The number of ether oxygens (including phenoxy) is 4. The first-order valence-electron chi connectivity index (χ1n) is 37.7. The van der Waals surface area contributed by atoms with Crippen molar-refractivity contribution >= 4 is 39.5 Å². The molecule has 0 aromatic rings. The summed E-state index contributed by atoms with van der Waals surface area (Å²) in [6.07, 6.45) is 46.1. The van der Waals surface area contributed by atoms with Crippen molar-refractivity contribution in [3.05, 3.63) is 0 Å². The van der Waals surface area contributed by atoms with Gasteiger partial charge in [0, 0.05) is 25.7 Å². The number of hydrogen-bond acceptors (Lipinski definition) is 15. The Kier molecular flexibility index (Phi) is 61.3. The molecule has 0 radical (unpaired) electrons. The van der Waals surface area contributed by atoms with Crippen LogP contribution in [0.5, 0.6) is 0 Å². The number of unbranched alkanes of at least 4 members (excludes halogenated alkanes) is 36. The average molecular weight is 1350 g/mol. The Balaban J connectivity index is 5.22. The van der Waals surface area contributed by atoms with E-state index in [0.717, 1.165) is 114 Å². The third-order valence-corrected chi connectivity index (χ3v) is 18.7. The predicted octanol–water partition coefficient (Wildman–Crippen LogP) is 20.9. The van der Waals surface area contributed by atoms with Gasteiger partial charge < -0.3 is 33.8 Å². The second-order valence-corrected chi connectivity index (χ2v) is 31.1. The van der Waals surface area contributed by atoms with Gasteiger partial charge in [-0.25, -0.2) is 9.13 Å². The summed E-state index contributed by atoms with van der Waals surface area (Å²) < 4.78 is 68.3. The van der Waals surface area contributed by atoms with Crippen LogP contribution in [0.2, 0.25) is 0 Å². The third-order valence-electron chi connectivity index (χ3n) is 16.8. The lowest BCUT2D eigenvalue weighted by Crippen LogP contribution is -2.30. The van der Waals surface area contributed by atoms with Crippen molar-refractivity contribution in [2.24, 2.45) is 23.7 Å². The largest absolute Gasteiger partial charge is 0.472 e. The van der Waals surface area contributed by atoms with Gasteiger partial charge in [-0.3, -0.25) is 37.3 Å². The number of carbonyl (C=O) groups excluding carboxylic acids is 4. The second kappa shape index (κ2) is 62.6. The topological polar surface area (TPSA) is 237 Å². The quantitative estimate of drug-likeness (QED) is 0.0222. The highest BCUT2D eigenvalue weighted by atomic mass is 31.2. The first-order chi connectivity index (χ1) is 44.1. The molecule has 0 aromatic heterocycles. The van der Waals surface area contributed by atoms with Gasteiger partial charge in [0.05, 0.1) is 26.4 Å². The Morgan fingerprint density at radius 2 is 0.457 bits per heavy atom. The molecule has 0 aliphatic heterocycles. The molecule has 0 heterocycles. The Hall–Kier alpha value is -1.94. The maximum absolute atomic E-state index is 13.1. The molecular formula is C73H142O17P2. The number of phosphoric ester groups is 2. The number of esters is 4. The number of aliphatic hydroxyl groups is 1. The van der Waals surface area contributed by atoms with Crippen LogP contribution < -0.4 is 0 Å². The second-order valence-electron chi connectivity index (χ2n) is 28.2. The zero-order valence-electron chi connectivity index (χ0n) is 60.2. The first-order valence-corrected chi connectivity index (χ1v) is 40.7. The van der Waals surface area contributed by atoms with Crippen LogP contribution >= 0.6 is 15.6 Å². The zero-order valence-corrected chi connectivity index (χ0v) is 62.0. The van der Waals surface area contributed by atoms with Gasteiger partial charge in [-0.05, 0) is 49.4 Å². The smallest absolute Gasteiger partial charge is 0.462 e. The molecule has 0 aliphatic carbocycles. The highest BCUT2D eigenvalue weighted by Crippen LogP contribution is 2.45. The molecule has 19 heteroatoms. The molecule has 92 heavy (non-hydrogen) atoms. The van der Waals surface area contributed by atoms with Gasteiger partial charge in [0.1, 0.15) is 19.3 Å². The van der Waals surface area contributed by atoms with Crippen molar-refractivity contribution in [2.45, 2.75) is 382 Å². The minimum absolute atomic E-state index is 0.103. The van der Waals surface area contributed by atoms with Gasteiger partial charge in [0.25, 0.3) is 0 Å². The molecule has 17 nitrogen and oxygen atoms in total. The van der Waals surface area contributed by atoms with Crippen molar-refractivity contribution < 1.29 is 80.2 Å². The number of aliphatic hydroxyl groups excluding tert-OH is 1. The van der Waals surface area contributed by atoms with Crippen LogP contribution in [0.4, 0.5) is 0 Å². The molecule has 0 fully saturated rings. The minimum atomic E-state index is -4.96. The summed E-state index contributed by atoms with van der Waals surface area (Å²) in [7, 11) is -9.91.